The third-order valence-corrected chi connectivity index (χ3v) is 6.85. The Kier molecular flexibility index (Phi) is 7.94. The van der Waals surface area contributed by atoms with Gasteiger partial charge in [0.05, 0.1) is 10.5 Å². The number of hydrogen-bond acceptors (Lipinski definition) is 5. The number of methoxy groups -OCH3 is 1. The number of carbonyl (C=O) groups is 1. The second-order valence-electron chi connectivity index (χ2n) is 6.58. The fourth-order valence-corrected chi connectivity index (χ4v) is 4.58. The Morgan fingerprint density at radius 1 is 1.35 bits per heavy atom. The van der Waals surface area contributed by atoms with E-state index in [-0.39, 0.29) is 10.8 Å². The average Bonchev–Trinajstić information content (AvgIpc) is 2.64. The maximum atomic E-state index is 12.9. The van der Waals surface area contributed by atoms with E-state index in [4.69, 9.17) is 4.74 Å². The summed E-state index contributed by atoms with van der Waals surface area (Å²) >= 11 is 1.45. The van der Waals surface area contributed by atoms with Crippen molar-refractivity contribution in [1.29, 1.82) is 0 Å². The van der Waals surface area contributed by atoms with Crippen LogP contribution in [0, 0.1) is 5.92 Å². The van der Waals surface area contributed by atoms with Crippen molar-refractivity contribution in [2.24, 2.45) is 5.92 Å². The second-order valence-corrected chi connectivity index (χ2v) is 9.20. The van der Waals surface area contributed by atoms with E-state index in [1.165, 1.54) is 17.8 Å². The molecule has 0 unspecified atom stereocenters. The molecule has 1 saturated heterocycles. The lowest BCUT2D eigenvalue weighted by Gasteiger charge is -2.30. The van der Waals surface area contributed by atoms with Crippen LogP contribution in [0.2, 0.25) is 0 Å². The summed E-state index contributed by atoms with van der Waals surface area (Å²) < 4.78 is 32.5. The van der Waals surface area contributed by atoms with E-state index in [0.717, 1.165) is 30.8 Å². The van der Waals surface area contributed by atoms with Gasteiger partial charge in [0.2, 0.25) is 10.0 Å². The zero-order chi connectivity index (χ0) is 19.2. The van der Waals surface area contributed by atoms with Crippen LogP contribution in [0.15, 0.2) is 28.0 Å². The van der Waals surface area contributed by atoms with E-state index in [9.17, 15) is 13.2 Å². The smallest absolute Gasteiger partial charge is 0.255 e. The predicted octanol–water partition coefficient (Wildman–Crippen LogP) is 2.60. The average molecular weight is 401 g/mol. The Bertz CT molecular complexity index is 714. The third kappa shape index (κ3) is 5.45. The molecule has 26 heavy (non-hydrogen) atoms. The Labute approximate surface area is 160 Å². The first-order valence-corrected chi connectivity index (χ1v) is 11.6. The molecule has 146 valence electrons. The molecule has 0 aromatic heterocycles. The highest BCUT2D eigenvalue weighted by Crippen LogP contribution is 2.27. The summed E-state index contributed by atoms with van der Waals surface area (Å²) in [6, 6.07) is 4.78. The number of nitrogens with zero attached hydrogens (tertiary/aromatic N) is 1. The molecule has 0 atom stereocenters. The van der Waals surface area contributed by atoms with Crippen LogP contribution in [0.1, 0.15) is 36.5 Å². The van der Waals surface area contributed by atoms with Gasteiger partial charge in [0, 0.05) is 38.2 Å². The van der Waals surface area contributed by atoms with Crippen LogP contribution in [-0.4, -0.2) is 58.8 Å². The summed E-state index contributed by atoms with van der Waals surface area (Å²) in [5.41, 5.74) is 0.465. The molecule has 1 aliphatic heterocycles. The summed E-state index contributed by atoms with van der Waals surface area (Å²) in [7, 11) is -2.07. The molecule has 1 amide bonds. The van der Waals surface area contributed by atoms with E-state index >= 15 is 0 Å². The number of thioether (sulfide) groups is 1. The van der Waals surface area contributed by atoms with E-state index < -0.39 is 10.0 Å². The normalized spacial score (nSPS) is 16.0. The molecule has 6 nitrogen and oxygen atoms in total. The summed E-state index contributed by atoms with van der Waals surface area (Å²) in [5.74, 6) is 0.541. The van der Waals surface area contributed by atoms with Crippen molar-refractivity contribution >= 4 is 27.7 Å². The van der Waals surface area contributed by atoms with Crippen molar-refractivity contribution in [2.75, 3.05) is 39.6 Å². The minimum absolute atomic E-state index is 0.0855. The van der Waals surface area contributed by atoms with Gasteiger partial charge in [-0.1, -0.05) is 6.92 Å². The summed E-state index contributed by atoms with van der Waals surface area (Å²) in [4.78, 5) is 15.7. The second kappa shape index (κ2) is 9.73. The van der Waals surface area contributed by atoms with Crippen LogP contribution >= 0.6 is 11.8 Å². The number of ether oxygens (including phenoxy) is 1. The third-order valence-electron chi connectivity index (χ3n) is 4.60. The van der Waals surface area contributed by atoms with Crippen molar-refractivity contribution in [1.82, 2.24) is 9.62 Å². The summed E-state index contributed by atoms with van der Waals surface area (Å²) in [6.45, 7) is 4.43. The minimum Gasteiger partial charge on any atom is -0.385 e. The first-order chi connectivity index (χ1) is 12.4. The number of hydrogen-bond donors (Lipinski definition) is 1. The minimum atomic E-state index is -3.65. The molecule has 0 spiro atoms. The van der Waals surface area contributed by atoms with Crippen molar-refractivity contribution < 1.29 is 17.9 Å². The molecule has 1 heterocycles. The van der Waals surface area contributed by atoms with Crippen LogP contribution in [0.4, 0.5) is 0 Å². The zero-order valence-corrected chi connectivity index (χ0v) is 17.3. The highest BCUT2D eigenvalue weighted by atomic mass is 32.2. The number of nitrogens with one attached hydrogen (secondary N) is 1. The van der Waals surface area contributed by atoms with Gasteiger partial charge in [-0.25, -0.2) is 13.1 Å². The summed E-state index contributed by atoms with van der Waals surface area (Å²) in [5, 5.41) is 0. The predicted molar refractivity (Wildman–Crippen MR) is 104 cm³/mol. The van der Waals surface area contributed by atoms with Gasteiger partial charge < -0.3 is 9.64 Å². The van der Waals surface area contributed by atoms with E-state index in [1.54, 1.807) is 19.2 Å². The Morgan fingerprint density at radius 3 is 2.65 bits per heavy atom. The molecule has 1 aromatic rings. The van der Waals surface area contributed by atoms with E-state index in [2.05, 4.69) is 11.6 Å². The quantitative estimate of drug-likeness (QED) is 0.536. The fourth-order valence-electron chi connectivity index (χ4n) is 2.91. The first-order valence-electron chi connectivity index (χ1n) is 8.85. The summed E-state index contributed by atoms with van der Waals surface area (Å²) in [6.07, 6.45) is 4.46. The maximum absolute atomic E-state index is 12.9. The van der Waals surface area contributed by atoms with Crippen LogP contribution in [-0.2, 0) is 14.8 Å². The number of likely N-dealkylation sites (tertiary alicyclic amines) is 1. The Morgan fingerprint density at radius 2 is 2.04 bits per heavy atom. The van der Waals surface area contributed by atoms with Gasteiger partial charge in [-0.15, -0.1) is 11.8 Å². The van der Waals surface area contributed by atoms with E-state index in [0.29, 0.717) is 31.1 Å². The van der Waals surface area contributed by atoms with Crippen LogP contribution in [0.3, 0.4) is 0 Å². The van der Waals surface area contributed by atoms with Gasteiger partial charge in [-0.3, -0.25) is 4.79 Å². The lowest BCUT2D eigenvalue weighted by atomic mass is 9.98. The van der Waals surface area contributed by atoms with Gasteiger partial charge in [-0.05, 0) is 49.6 Å². The fraction of sp³-hybridized carbons (Fsp3) is 0.611. The monoisotopic (exact) mass is 400 g/mol. The number of benzene rings is 1. The molecule has 1 aliphatic rings. The SMILES string of the molecule is COCCCNS(=O)(=O)c1ccc(SC)c(C(=O)N2CCC(C)CC2)c1. The molecule has 1 fully saturated rings. The highest BCUT2D eigenvalue weighted by molar-refractivity contribution is 7.98. The number of sulfonamides is 1. The van der Waals surface area contributed by atoms with Crippen molar-refractivity contribution in [3.63, 3.8) is 0 Å². The molecule has 0 radical (unpaired) electrons. The molecule has 1 N–H and O–H groups in total. The topological polar surface area (TPSA) is 75.7 Å². The van der Waals surface area contributed by atoms with Crippen molar-refractivity contribution in [3.05, 3.63) is 23.8 Å². The first kappa shape index (κ1) is 21.2. The number of amides is 1. The lowest BCUT2D eigenvalue weighted by molar-refractivity contribution is 0.0693. The standard InChI is InChI=1S/C18H28N2O4S2/c1-14-7-10-20(11-8-14)18(21)16-13-15(5-6-17(16)25-3)26(22,23)19-9-4-12-24-2/h5-6,13-14,19H,4,7-12H2,1-3H3. The molecular weight excluding hydrogens is 372 g/mol. The van der Waals surface area contributed by atoms with Crippen molar-refractivity contribution in [2.45, 2.75) is 36.0 Å². The van der Waals surface area contributed by atoms with Gasteiger partial charge >= 0.3 is 0 Å². The molecule has 8 heteroatoms. The van der Waals surface area contributed by atoms with Crippen LogP contribution in [0.25, 0.3) is 0 Å². The van der Waals surface area contributed by atoms with Crippen LogP contribution in [0.5, 0.6) is 0 Å². The highest BCUT2D eigenvalue weighted by Gasteiger charge is 2.25. The van der Waals surface area contributed by atoms with Gasteiger partial charge in [0.25, 0.3) is 5.91 Å². The molecule has 0 aliphatic carbocycles. The molecular formula is C18H28N2O4S2. The van der Waals surface area contributed by atoms with Gasteiger partial charge in [-0.2, -0.15) is 0 Å². The molecule has 0 bridgehead atoms. The largest absolute Gasteiger partial charge is 0.385 e. The number of carbonyl (C=O) groups excluding carboxylic acids is 1. The van der Waals surface area contributed by atoms with Crippen LogP contribution < -0.4 is 4.72 Å². The van der Waals surface area contributed by atoms with Gasteiger partial charge in [0.15, 0.2) is 0 Å². The van der Waals surface area contributed by atoms with E-state index in [1.807, 2.05) is 11.2 Å². The lowest BCUT2D eigenvalue weighted by Crippen LogP contribution is -2.38. The molecule has 0 saturated carbocycles. The Hall–Kier alpha value is -1.09. The van der Waals surface area contributed by atoms with Gasteiger partial charge in [0.1, 0.15) is 0 Å². The number of rotatable bonds is 8. The number of piperidine rings is 1. The molecule has 2 rings (SSSR count). The van der Waals surface area contributed by atoms with Crippen molar-refractivity contribution in [3.8, 4) is 0 Å². The zero-order valence-electron chi connectivity index (χ0n) is 15.7. The maximum Gasteiger partial charge on any atom is 0.255 e. The Balaban J connectivity index is 2.20. The molecule has 1 aromatic carbocycles.